The molecule has 4 aromatic rings. The van der Waals surface area contributed by atoms with Gasteiger partial charge in [-0.15, -0.1) is 0 Å². The largest absolute Gasteiger partial charge is 0.374 e. The third kappa shape index (κ3) is 8.33. The predicted octanol–water partition coefficient (Wildman–Crippen LogP) is 6.07. The summed E-state index contributed by atoms with van der Waals surface area (Å²) >= 11 is 0. The number of rotatable bonds is 13. The van der Waals surface area contributed by atoms with Gasteiger partial charge in [-0.2, -0.15) is 0 Å². The van der Waals surface area contributed by atoms with Crippen molar-refractivity contribution >= 4 is 0 Å². The SMILES string of the molecule is [2H]C(OC[C@H]1OC(C)(O)[C@H](OC([2H])c2ccccc2)[C@@H](OC([2H])c2ccccc2)[C@H]1OC([2H])c1ccccc1)c1ccccc1. The van der Waals surface area contributed by atoms with E-state index in [1.807, 2.05) is 36.4 Å². The Morgan fingerprint density at radius 2 is 1.00 bits per heavy atom. The van der Waals surface area contributed by atoms with Crippen LogP contribution >= 0.6 is 0 Å². The van der Waals surface area contributed by atoms with Crippen molar-refractivity contribution in [1.29, 1.82) is 0 Å². The lowest BCUT2D eigenvalue weighted by molar-refractivity contribution is -0.363. The molecule has 1 saturated heterocycles. The van der Waals surface area contributed by atoms with Crippen molar-refractivity contribution in [3.05, 3.63) is 144 Å². The summed E-state index contributed by atoms with van der Waals surface area (Å²) in [6.45, 7) is -3.50. The second kappa shape index (κ2) is 14.5. The summed E-state index contributed by atoms with van der Waals surface area (Å²) in [5.74, 6) is -2.03. The Hall–Kier alpha value is -3.36. The minimum absolute atomic E-state index is 0.199. The van der Waals surface area contributed by atoms with Gasteiger partial charge in [0.05, 0.1) is 38.4 Å². The van der Waals surface area contributed by atoms with E-state index in [1.165, 1.54) is 6.92 Å². The van der Waals surface area contributed by atoms with Gasteiger partial charge in [0, 0.05) is 0 Å². The van der Waals surface area contributed by atoms with E-state index < -0.39 is 56.5 Å². The molecule has 9 atom stereocenters. The normalized spacial score (nSPS) is 28.7. The Bertz CT molecular complexity index is 1430. The van der Waals surface area contributed by atoms with Gasteiger partial charge >= 0.3 is 0 Å². The molecule has 1 aliphatic rings. The number of benzene rings is 4. The quantitative estimate of drug-likeness (QED) is 0.215. The van der Waals surface area contributed by atoms with Crippen LogP contribution in [0.2, 0.25) is 0 Å². The standard InChI is InChI=1S/C35H38O6/c1-35(36)34(40-25-30-20-12-5-13-21-30)33(39-24-29-18-10-4-11-19-29)32(38-23-28-16-8-3-9-17-28)31(41-35)26-37-22-27-14-6-2-7-15-27/h2-21,31-34,36H,22-26H2,1H3/t31-,32+,33+,34-,35?/m1/s1/i22D,23D,24D,25D/t22?,23?,24?,25?,31-,32+,33+,34-,35?. The number of ether oxygens (including phenoxy) is 5. The van der Waals surface area contributed by atoms with Gasteiger partial charge in [0.15, 0.2) is 5.79 Å². The molecule has 5 rings (SSSR count). The van der Waals surface area contributed by atoms with Crippen LogP contribution in [0.3, 0.4) is 0 Å². The first-order valence-corrected chi connectivity index (χ1v) is 13.6. The van der Waals surface area contributed by atoms with E-state index in [4.69, 9.17) is 29.2 Å². The van der Waals surface area contributed by atoms with Gasteiger partial charge in [-0.25, -0.2) is 0 Å². The molecule has 1 fully saturated rings. The van der Waals surface area contributed by atoms with Crippen molar-refractivity contribution in [3.8, 4) is 0 Å². The number of hydrogen-bond acceptors (Lipinski definition) is 6. The maximum Gasteiger partial charge on any atom is 0.192 e. The average Bonchev–Trinajstić information content (AvgIpc) is 3.07. The van der Waals surface area contributed by atoms with Crippen LogP contribution < -0.4 is 0 Å². The Labute approximate surface area is 248 Å². The van der Waals surface area contributed by atoms with Crippen LogP contribution in [-0.4, -0.2) is 41.9 Å². The lowest BCUT2D eigenvalue weighted by atomic mass is 9.92. The molecule has 1 heterocycles. The lowest BCUT2D eigenvalue weighted by Crippen LogP contribution is -2.66. The fourth-order valence-corrected chi connectivity index (χ4v) is 4.61. The molecule has 0 aromatic heterocycles. The van der Waals surface area contributed by atoms with Crippen molar-refractivity contribution < 1.29 is 34.3 Å². The summed E-state index contributed by atoms with van der Waals surface area (Å²) in [4.78, 5) is 0. The highest BCUT2D eigenvalue weighted by molar-refractivity contribution is 5.16. The van der Waals surface area contributed by atoms with E-state index in [9.17, 15) is 5.11 Å². The fraction of sp³-hybridized carbons (Fsp3) is 0.314. The minimum Gasteiger partial charge on any atom is -0.374 e. The zero-order chi connectivity index (χ0) is 31.8. The summed E-state index contributed by atoms with van der Waals surface area (Å²) < 4.78 is 66.0. The van der Waals surface area contributed by atoms with Crippen LogP contribution in [0, 0.1) is 0 Å². The molecule has 0 radical (unpaired) electrons. The van der Waals surface area contributed by atoms with Crippen LogP contribution in [0.1, 0.15) is 34.7 Å². The Balaban J connectivity index is 1.50. The molecule has 0 spiro atoms. The Kier molecular flexibility index (Phi) is 8.58. The van der Waals surface area contributed by atoms with Gasteiger partial charge in [0.1, 0.15) is 24.4 Å². The minimum atomic E-state index is -2.03. The smallest absolute Gasteiger partial charge is 0.192 e. The van der Waals surface area contributed by atoms with Gasteiger partial charge in [-0.3, -0.25) is 0 Å². The maximum absolute atomic E-state index is 11.7. The van der Waals surface area contributed by atoms with E-state index >= 15 is 0 Å². The third-order valence-electron chi connectivity index (χ3n) is 6.66. The molecule has 1 aliphatic heterocycles. The van der Waals surface area contributed by atoms with E-state index in [2.05, 4.69) is 0 Å². The Morgan fingerprint density at radius 1 is 0.610 bits per heavy atom. The first kappa shape index (κ1) is 24.3. The summed E-state index contributed by atoms with van der Waals surface area (Å²) in [6.07, 6.45) is -4.66. The second-order valence-corrected chi connectivity index (χ2v) is 9.92. The number of hydrogen-bond donors (Lipinski definition) is 1. The monoisotopic (exact) mass is 558 g/mol. The summed E-state index contributed by atoms with van der Waals surface area (Å²) in [7, 11) is 0. The van der Waals surface area contributed by atoms with Gasteiger partial charge in [-0.05, 0) is 29.2 Å². The second-order valence-electron chi connectivity index (χ2n) is 9.92. The number of aliphatic hydroxyl groups is 1. The zero-order valence-electron chi connectivity index (χ0n) is 26.9. The molecule has 0 amide bonds. The molecule has 6 nitrogen and oxygen atoms in total. The highest BCUT2D eigenvalue weighted by atomic mass is 16.7. The van der Waals surface area contributed by atoms with Crippen LogP contribution in [-0.2, 0) is 50.0 Å². The van der Waals surface area contributed by atoms with Gasteiger partial charge in [0.2, 0.25) is 0 Å². The first-order valence-electron chi connectivity index (χ1n) is 15.9. The van der Waals surface area contributed by atoms with Gasteiger partial charge in [-0.1, -0.05) is 121 Å². The highest BCUT2D eigenvalue weighted by Crippen LogP contribution is 2.35. The van der Waals surface area contributed by atoms with Crippen LogP contribution in [0.15, 0.2) is 121 Å². The van der Waals surface area contributed by atoms with Crippen LogP contribution in [0.4, 0.5) is 0 Å². The van der Waals surface area contributed by atoms with Crippen molar-refractivity contribution in [1.82, 2.24) is 0 Å². The van der Waals surface area contributed by atoms with Gasteiger partial charge < -0.3 is 28.8 Å². The predicted molar refractivity (Wildman–Crippen MR) is 157 cm³/mol. The van der Waals surface area contributed by atoms with E-state index in [-0.39, 0.29) is 6.61 Å². The molecule has 0 saturated carbocycles. The molecule has 41 heavy (non-hydrogen) atoms. The van der Waals surface area contributed by atoms with Gasteiger partial charge in [0.25, 0.3) is 0 Å². The average molecular weight is 559 g/mol. The van der Waals surface area contributed by atoms with Crippen LogP contribution in [0.5, 0.6) is 0 Å². The molecule has 0 aliphatic carbocycles. The van der Waals surface area contributed by atoms with Crippen molar-refractivity contribution in [2.75, 3.05) is 6.61 Å². The first-order chi connectivity index (χ1) is 21.7. The maximum atomic E-state index is 11.7. The van der Waals surface area contributed by atoms with E-state index in [0.29, 0.717) is 22.3 Å². The van der Waals surface area contributed by atoms with E-state index in [1.54, 1.807) is 84.9 Å². The third-order valence-corrected chi connectivity index (χ3v) is 6.66. The highest BCUT2D eigenvalue weighted by Gasteiger charge is 2.54. The molecule has 4 aromatic carbocycles. The van der Waals surface area contributed by atoms with Crippen molar-refractivity contribution in [2.45, 2.75) is 63.5 Å². The molecule has 6 heteroatoms. The Morgan fingerprint density at radius 3 is 1.46 bits per heavy atom. The fourth-order valence-electron chi connectivity index (χ4n) is 4.61. The molecule has 0 bridgehead atoms. The van der Waals surface area contributed by atoms with Crippen molar-refractivity contribution in [3.63, 3.8) is 0 Å². The molecular formula is C35H38O6. The van der Waals surface area contributed by atoms with Crippen LogP contribution in [0.25, 0.3) is 0 Å². The lowest BCUT2D eigenvalue weighted by Gasteiger charge is -2.49. The summed E-state index contributed by atoms with van der Waals surface area (Å²) in [5.41, 5.74) is 2.30. The van der Waals surface area contributed by atoms with E-state index in [0.717, 1.165) is 0 Å². The molecule has 214 valence electrons. The summed E-state index contributed by atoms with van der Waals surface area (Å²) in [6, 6.07) is 35.8. The van der Waals surface area contributed by atoms with Crippen molar-refractivity contribution in [2.24, 2.45) is 0 Å². The molecule has 5 unspecified atom stereocenters. The zero-order valence-corrected chi connectivity index (χ0v) is 22.9. The topological polar surface area (TPSA) is 66.4 Å². The molecular weight excluding hydrogens is 516 g/mol. The molecule has 1 N–H and O–H groups in total. The summed E-state index contributed by atoms with van der Waals surface area (Å²) in [5, 5.41) is 11.7.